The summed E-state index contributed by atoms with van der Waals surface area (Å²) >= 11 is 1.22. The maximum atomic E-state index is 11.2. The fourth-order valence-electron chi connectivity index (χ4n) is 1.20. The number of ketones is 1. The van der Waals surface area contributed by atoms with Crippen molar-refractivity contribution in [2.75, 3.05) is 0 Å². The van der Waals surface area contributed by atoms with Crippen molar-refractivity contribution < 1.29 is 4.79 Å². The second-order valence-electron chi connectivity index (χ2n) is 3.41. The number of carbonyl (C=O) groups is 1. The van der Waals surface area contributed by atoms with Gasteiger partial charge in [-0.15, -0.1) is 5.10 Å². The highest BCUT2D eigenvalue weighted by atomic mass is 32.2. The van der Waals surface area contributed by atoms with E-state index in [9.17, 15) is 9.59 Å². The molecule has 0 saturated carbocycles. The van der Waals surface area contributed by atoms with E-state index in [2.05, 4.69) is 15.2 Å². The summed E-state index contributed by atoms with van der Waals surface area (Å²) in [5, 5.41) is 7.31. The molecule has 0 aliphatic heterocycles. The molecular formula is C10H10N4O2S. The van der Waals surface area contributed by atoms with Gasteiger partial charge in [-0.25, -0.2) is 14.9 Å². The van der Waals surface area contributed by atoms with Crippen LogP contribution < -0.4 is 5.69 Å². The lowest BCUT2D eigenvalue weighted by Gasteiger charge is -2.00. The summed E-state index contributed by atoms with van der Waals surface area (Å²) in [6.07, 6.45) is 1.56. The fraction of sp³-hybridized carbons (Fsp3) is 0.200. The van der Waals surface area contributed by atoms with Gasteiger partial charge in [-0.2, -0.15) is 0 Å². The van der Waals surface area contributed by atoms with Crippen molar-refractivity contribution in [2.45, 2.75) is 17.1 Å². The van der Waals surface area contributed by atoms with Crippen molar-refractivity contribution in [3.05, 3.63) is 34.4 Å². The third-order valence-corrected chi connectivity index (χ3v) is 3.16. The van der Waals surface area contributed by atoms with Gasteiger partial charge in [0.15, 0.2) is 10.9 Å². The predicted molar refractivity (Wildman–Crippen MR) is 62.2 cm³/mol. The monoisotopic (exact) mass is 250 g/mol. The molecule has 2 heterocycles. The number of pyridine rings is 1. The Kier molecular flexibility index (Phi) is 3.10. The normalized spacial score (nSPS) is 10.5. The summed E-state index contributed by atoms with van der Waals surface area (Å²) in [4.78, 5) is 26.5. The van der Waals surface area contributed by atoms with Crippen molar-refractivity contribution in [1.82, 2.24) is 19.7 Å². The molecule has 2 rings (SSSR count). The second kappa shape index (κ2) is 4.54. The average molecular weight is 250 g/mol. The molecule has 0 saturated heterocycles. The van der Waals surface area contributed by atoms with E-state index in [1.54, 1.807) is 25.4 Å². The van der Waals surface area contributed by atoms with Crippen LogP contribution in [0.4, 0.5) is 0 Å². The SMILES string of the molecule is CC(=O)c1ccnc(Sc2n[nH]c(=O)n2C)c1. The van der Waals surface area contributed by atoms with Gasteiger partial charge in [0.25, 0.3) is 0 Å². The summed E-state index contributed by atoms with van der Waals surface area (Å²) in [6.45, 7) is 1.49. The first kappa shape index (κ1) is 11.6. The first-order valence-electron chi connectivity index (χ1n) is 4.84. The number of carbonyl (C=O) groups excluding carboxylic acids is 1. The van der Waals surface area contributed by atoms with Crippen LogP contribution in [0.15, 0.2) is 33.3 Å². The zero-order valence-electron chi connectivity index (χ0n) is 9.30. The Morgan fingerprint density at radius 3 is 2.88 bits per heavy atom. The largest absolute Gasteiger partial charge is 0.343 e. The van der Waals surface area contributed by atoms with E-state index in [4.69, 9.17) is 0 Å². The van der Waals surface area contributed by atoms with Gasteiger partial charge in [-0.1, -0.05) is 0 Å². The molecule has 2 aromatic heterocycles. The molecule has 0 radical (unpaired) electrons. The van der Waals surface area contributed by atoms with Crippen LogP contribution in [0.5, 0.6) is 0 Å². The number of H-pyrrole nitrogens is 1. The Labute approximate surface area is 101 Å². The van der Waals surface area contributed by atoms with Crippen molar-refractivity contribution in [3.63, 3.8) is 0 Å². The Hall–Kier alpha value is -1.89. The van der Waals surface area contributed by atoms with E-state index in [0.29, 0.717) is 15.7 Å². The zero-order valence-corrected chi connectivity index (χ0v) is 10.1. The molecule has 2 aromatic rings. The Morgan fingerprint density at radius 2 is 2.29 bits per heavy atom. The number of hydrogen-bond donors (Lipinski definition) is 1. The highest BCUT2D eigenvalue weighted by Crippen LogP contribution is 2.22. The summed E-state index contributed by atoms with van der Waals surface area (Å²) < 4.78 is 1.38. The lowest BCUT2D eigenvalue weighted by molar-refractivity contribution is 0.101. The standard InChI is InChI=1S/C10H10N4O2S/c1-6(15)7-3-4-11-8(5-7)17-10-13-12-9(16)14(10)2/h3-5H,1-2H3,(H,12,16). The van der Waals surface area contributed by atoms with E-state index in [0.717, 1.165) is 0 Å². The molecule has 0 fully saturated rings. The number of nitrogens with zero attached hydrogens (tertiary/aromatic N) is 3. The minimum atomic E-state index is -0.282. The van der Waals surface area contributed by atoms with Gasteiger partial charge >= 0.3 is 5.69 Å². The first-order chi connectivity index (χ1) is 8.08. The molecule has 7 heteroatoms. The van der Waals surface area contributed by atoms with Gasteiger partial charge in [0.1, 0.15) is 5.03 Å². The van der Waals surface area contributed by atoms with Crippen molar-refractivity contribution in [3.8, 4) is 0 Å². The smallest absolute Gasteiger partial charge is 0.295 e. The van der Waals surface area contributed by atoms with Gasteiger partial charge in [0.05, 0.1) is 0 Å². The molecule has 0 atom stereocenters. The van der Waals surface area contributed by atoms with Gasteiger partial charge in [-0.05, 0) is 30.8 Å². The summed E-state index contributed by atoms with van der Waals surface area (Å²) in [5.41, 5.74) is 0.304. The molecule has 0 aliphatic carbocycles. The van der Waals surface area contributed by atoms with E-state index in [1.807, 2.05) is 0 Å². The zero-order chi connectivity index (χ0) is 12.4. The summed E-state index contributed by atoms with van der Waals surface area (Å²) in [6, 6.07) is 3.32. The fourth-order valence-corrected chi connectivity index (χ4v) is 2.00. The van der Waals surface area contributed by atoms with Crippen LogP contribution in [0, 0.1) is 0 Å². The van der Waals surface area contributed by atoms with Gasteiger partial charge in [-0.3, -0.25) is 9.36 Å². The van der Waals surface area contributed by atoms with Crippen LogP contribution in [0.25, 0.3) is 0 Å². The van der Waals surface area contributed by atoms with Crippen LogP contribution in [-0.2, 0) is 7.05 Å². The molecule has 88 valence electrons. The third-order valence-electron chi connectivity index (χ3n) is 2.18. The Bertz CT molecular complexity index is 617. The molecule has 0 amide bonds. The number of aromatic amines is 1. The number of hydrogen-bond acceptors (Lipinski definition) is 5. The summed E-state index contributed by atoms with van der Waals surface area (Å²) in [7, 11) is 1.61. The Morgan fingerprint density at radius 1 is 1.53 bits per heavy atom. The third kappa shape index (κ3) is 2.44. The lowest BCUT2D eigenvalue weighted by Crippen LogP contribution is -2.12. The minimum Gasteiger partial charge on any atom is -0.295 e. The number of aromatic nitrogens is 4. The van der Waals surface area contributed by atoms with Crippen molar-refractivity contribution >= 4 is 17.5 Å². The lowest BCUT2D eigenvalue weighted by atomic mass is 10.2. The maximum Gasteiger partial charge on any atom is 0.343 e. The van der Waals surface area contributed by atoms with Crippen LogP contribution in [0.1, 0.15) is 17.3 Å². The molecule has 1 N–H and O–H groups in total. The molecule has 0 aliphatic rings. The average Bonchev–Trinajstić information content (AvgIpc) is 2.61. The molecule has 0 bridgehead atoms. The highest BCUT2D eigenvalue weighted by molar-refractivity contribution is 7.99. The van der Waals surface area contributed by atoms with E-state index in [1.165, 1.54) is 23.3 Å². The Balaban J connectivity index is 2.30. The maximum absolute atomic E-state index is 11.2. The van der Waals surface area contributed by atoms with Gasteiger partial charge in [0, 0.05) is 18.8 Å². The summed E-state index contributed by atoms with van der Waals surface area (Å²) in [5.74, 6) is -0.0230. The van der Waals surface area contributed by atoms with E-state index < -0.39 is 0 Å². The number of Topliss-reactive ketones (excluding diaryl/α,β-unsaturated/α-hetero) is 1. The van der Waals surface area contributed by atoms with Gasteiger partial charge < -0.3 is 0 Å². The molecule has 17 heavy (non-hydrogen) atoms. The number of nitrogens with one attached hydrogen (secondary N) is 1. The quantitative estimate of drug-likeness (QED) is 0.817. The molecule has 0 spiro atoms. The van der Waals surface area contributed by atoms with Crippen molar-refractivity contribution in [2.24, 2.45) is 7.05 Å². The van der Waals surface area contributed by atoms with Gasteiger partial charge in [0.2, 0.25) is 0 Å². The van der Waals surface area contributed by atoms with Crippen LogP contribution >= 0.6 is 11.8 Å². The molecule has 0 unspecified atom stereocenters. The minimum absolute atomic E-state index is 0.0230. The molecule has 0 aromatic carbocycles. The van der Waals surface area contributed by atoms with Crippen LogP contribution in [-0.4, -0.2) is 25.5 Å². The van der Waals surface area contributed by atoms with Crippen LogP contribution in [0.2, 0.25) is 0 Å². The highest BCUT2D eigenvalue weighted by Gasteiger charge is 2.08. The van der Waals surface area contributed by atoms with E-state index in [-0.39, 0.29) is 11.5 Å². The van der Waals surface area contributed by atoms with Crippen LogP contribution in [0.3, 0.4) is 0 Å². The first-order valence-corrected chi connectivity index (χ1v) is 5.66. The second-order valence-corrected chi connectivity index (χ2v) is 4.40. The van der Waals surface area contributed by atoms with Crippen molar-refractivity contribution in [1.29, 1.82) is 0 Å². The molecular weight excluding hydrogens is 240 g/mol. The van der Waals surface area contributed by atoms with E-state index >= 15 is 0 Å². The predicted octanol–water partition coefficient (Wildman–Crippen LogP) is 0.857. The topological polar surface area (TPSA) is 80.6 Å². The number of rotatable bonds is 3. The molecule has 6 nitrogen and oxygen atoms in total.